The Morgan fingerprint density at radius 1 is 0.829 bits per heavy atom. The first-order valence-corrected chi connectivity index (χ1v) is 14.3. The van der Waals surface area contributed by atoms with Crippen LogP contribution < -0.4 is 27.4 Å². The molecule has 5 atom stereocenters. The van der Waals surface area contributed by atoms with Crippen molar-refractivity contribution in [1.82, 2.24) is 20.9 Å². The number of carboxylic acids is 2. The van der Waals surface area contributed by atoms with Gasteiger partial charge in [0.15, 0.2) is 0 Å². The van der Waals surface area contributed by atoms with Crippen molar-refractivity contribution < 1.29 is 39.0 Å². The van der Waals surface area contributed by atoms with Gasteiger partial charge < -0.3 is 42.5 Å². The Kier molecular flexibility index (Phi) is 15.3. The molecule has 234 valence electrons. The van der Waals surface area contributed by atoms with E-state index < -0.39 is 72.2 Å². The van der Waals surface area contributed by atoms with Gasteiger partial charge in [-0.15, -0.1) is 0 Å². The van der Waals surface area contributed by atoms with Gasteiger partial charge in [0.25, 0.3) is 0 Å². The minimum atomic E-state index is -1.49. The molecule has 0 unspecified atom stereocenters. The molecule has 14 heteroatoms. The predicted octanol–water partition coefficient (Wildman–Crippen LogP) is -0.460. The van der Waals surface area contributed by atoms with E-state index in [0.29, 0.717) is 38.6 Å². The van der Waals surface area contributed by atoms with Gasteiger partial charge in [-0.1, -0.05) is 34.1 Å². The Bertz CT molecular complexity index is 927. The van der Waals surface area contributed by atoms with Crippen molar-refractivity contribution in [3.8, 4) is 0 Å². The van der Waals surface area contributed by atoms with E-state index >= 15 is 0 Å². The molecule has 1 fully saturated rings. The molecule has 0 aliphatic carbocycles. The third-order valence-electron chi connectivity index (χ3n) is 6.80. The standard InChI is InChI=1S/C27H48N6O8/c1-15(2)12-18(31-25(38)19(14-22(34)35)30-23(36)17(29)8-5-6-10-28)24(37)32-20(13-16(3)4)26(39)33-11-7-9-21(33)27(40)41/h15-21H,5-14,28-29H2,1-4H3,(H,30,36)(H,31,38)(H,32,37)(H,34,35)(H,40,41)/t17-,18-,19-,20-,21-/m0/s1. The summed E-state index contributed by atoms with van der Waals surface area (Å²) in [6, 6.07) is -5.59. The smallest absolute Gasteiger partial charge is 0.326 e. The van der Waals surface area contributed by atoms with E-state index in [4.69, 9.17) is 11.5 Å². The van der Waals surface area contributed by atoms with Gasteiger partial charge in [-0.3, -0.25) is 24.0 Å². The van der Waals surface area contributed by atoms with Gasteiger partial charge in [0.05, 0.1) is 12.5 Å². The number of nitrogens with zero attached hydrogens (tertiary/aromatic N) is 1. The van der Waals surface area contributed by atoms with Crippen LogP contribution in [0.15, 0.2) is 0 Å². The lowest BCUT2D eigenvalue weighted by Gasteiger charge is -2.30. The van der Waals surface area contributed by atoms with Crippen molar-refractivity contribution in [2.45, 2.75) is 109 Å². The molecule has 0 aromatic rings. The van der Waals surface area contributed by atoms with Crippen LogP contribution in [-0.2, 0) is 28.8 Å². The van der Waals surface area contributed by atoms with Gasteiger partial charge >= 0.3 is 11.9 Å². The zero-order chi connectivity index (χ0) is 31.3. The van der Waals surface area contributed by atoms with E-state index in [1.54, 1.807) is 0 Å². The summed E-state index contributed by atoms with van der Waals surface area (Å²) in [5.74, 6) is -5.31. The quantitative estimate of drug-likeness (QED) is 0.102. The fraction of sp³-hybridized carbons (Fsp3) is 0.778. The number of nitrogens with one attached hydrogen (secondary N) is 3. The number of hydrogen-bond acceptors (Lipinski definition) is 8. The summed E-state index contributed by atoms with van der Waals surface area (Å²) < 4.78 is 0. The molecule has 0 saturated carbocycles. The number of amides is 4. The van der Waals surface area contributed by atoms with Crippen LogP contribution in [-0.4, -0.2) is 94.0 Å². The summed E-state index contributed by atoms with van der Waals surface area (Å²) in [5, 5.41) is 26.5. The fourth-order valence-electron chi connectivity index (χ4n) is 4.73. The summed E-state index contributed by atoms with van der Waals surface area (Å²) >= 11 is 0. The first-order valence-electron chi connectivity index (χ1n) is 14.3. The van der Waals surface area contributed by atoms with Crippen LogP contribution in [0.25, 0.3) is 0 Å². The minimum absolute atomic E-state index is 0.0162. The second-order valence-electron chi connectivity index (χ2n) is 11.5. The summed E-state index contributed by atoms with van der Waals surface area (Å²) in [6.45, 7) is 8.05. The second-order valence-corrected chi connectivity index (χ2v) is 11.5. The van der Waals surface area contributed by atoms with Gasteiger partial charge in [0, 0.05) is 6.54 Å². The van der Waals surface area contributed by atoms with Gasteiger partial charge in [0.2, 0.25) is 23.6 Å². The summed E-state index contributed by atoms with van der Waals surface area (Å²) in [6.07, 6.45) is 2.06. The van der Waals surface area contributed by atoms with Crippen LogP contribution in [0.4, 0.5) is 0 Å². The molecule has 14 nitrogen and oxygen atoms in total. The molecule has 1 rings (SSSR count). The number of hydrogen-bond donors (Lipinski definition) is 7. The highest BCUT2D eigenvalue weighted by Gasteiger charge is 2.39. The van der Waals surface area contributed by atoms with Crippen molar-refractivity contribution in [2.75, 3.05) is 13.1 Å². The van der Waals surface area contributed by atoms with E-state index in [1.165, 1.54) is 4.90 Å². The summed E-state index contributed by atoms with van der Waals surface area (Å²) in [4.78, 5) is 76.8. The number of aliphatic carboxylic acids is 2. The molecule has 1 aliphatic heterocycles. The van der Waals surface area contributed by atoms with Gasteiger partial charge in [-0.2, -0.15) is 0 Å². The van der Waals surface area contributed by atoms with E-state index in [-0.39, 0.29) is 31.2 Å². The summed E-state index contributed by atoms with van der Waals surface area (Å²) in [7, 11) is 0. The molecule has 41 heavy (non-hydrogen) atoms. The molecular formula is C27H48N6O8. The number of carboxylic acid groups (broad SMARTS) is 2. The fourth-order valence-corrected chi connectivity index (χ4v) is 4.73. The first-order chi connectivity index (χ1) is 19.2. The van der Waals surface area contributed by atoms with E-state index in [9.17, 15) is 39.0 Å². The molecular weight excluding hydrogens is 536 g/mol. The maximum atomic E-state index is 13.4. The highest BCUT2D eigenvalue weighted by Crippen LogP contribution is 2.20. The lowest BCUT2D eigenvalue weighted by atomic mass is 9.99. The monoisotopic (exact) mass is 584 g/mol. The van der Waals surface area contributed by atoms with Gasteiger partial charge in [-0.25, -0.2) is 4.79 Å². The summed E-state index contributed by atoms with van der Waals surface area (Å²) in [5.41, 5.74) is 11.3. The molecule has 1 aliphatic rings. The Morgan fingerprint density at radius 3 is 1.90 bits per heavy atom. The molecule has 4 amide bonds. The largest absolute Gasteiger partial charge is 0.481 e. The zero-order valence-electron chi connectivity index (χ0n) is 24.6. The number of carbonyl (C=O) groups is 6. The van der Waals surface area contributed by atoms with Crippen LogP contribution in [0.3, 0.4) is 0 Å². The van der Waals surface area contributed by atoms with E-state index in [2.05, 4.69) is 16.0 Å². The van der Waals surface area contributed by atoms with Crippen LogP contribution in [0, 0.1) is 11.8 Å². The number of likely N-dealkylation sites (tertiary alicyclic amines) is 1. The molecule has 1 saturated heterocycles. The van der Waals surface area contributed by atoms with Crippen molar-refractivity contribution in [3.05, 3.63) is 0 Å². The minimum Gasteiger partial charge on any atom is -0.481 e. The Balaban J connectivity index is 3.09. The predicted molar refractivity (Wildman–Crippen MR) is 150 cm³/mol. The highest BCUT2D eigenvalue weighted by molar-refractivity contribution is 5.96. The van der Waals surface area contributed by atoms with E-state index in [1.807, 2.05) is 27.7 Å². The van der Waals surface area contributed by atoms with Gasteiger partial charge in [-0.05, 0) is 56.9 Å². The lowest BCUT2D eigenvalue weighted by Crippen LogP contribution is -2.59. The van der Waals surface area contributed by atoms with Crippen molar-refractivity contribution in [2.24, 2.45) is 23.3 Å². The maximum absolute atomic E-state index is 13.4. The normalized spacial score (nSPS) is 18.0. The SMILES string of the molecule is CC(C)C[C@H](NC(=O)[C@H](CC(=O)O)NC(=O)[C@@H](N)CCCCN)C(=O)N[C@@H](CC(C)C)C(=O)N1CCC[C@H]1C(=O)O. The van der Waals surface area contributed by atoms with Crippen molar-refractivity contribution in [3.63, 3.8) is 0 Å². The Labute approximate surface area is 241 Å². The number of nitrogens with two attached hydrogens (primary N) is 2. The van der Waals surface area contributed by atoms with Crippen LogP contribution in [0.1, 0.15) is 79.1 Å². The molecule has 0 aromatic heterocycles. The molecule has 0 aromatic carbocycles. The molecule has 0 spiro atoms. The second kappa shape index (κ2) is 17.5. The first kappa shape index (κ1) is 35.8. The van der Waals surface area contributed by atoms with E-state index in [0.717, 1.165) is 0 Å². The lowest BCUT2D eigenvalue weighted by molar-refractivity contribution is -0.149. The van der Waals surface area contributed by atoms with Crippen molar-refractivity contribution >= 4 is 35.6 Å². The molecule has 0 radical (unpaired) electrons. The Hall–Kier alpha value is -3.26. The molecule has 1 heterocycles. The van der Waals surface area contributed by atoms with Gasteiger partial charge in [0.1, 0.15) is 24.2 Å². The number of unbranched alkanes of at least 4 members (excludes halogenated alkanes) is 1. The zero-order valence-corrected chi connectivity index (χ0v) is 24.6. The highest BCUT2D eigenvalue weighted by atomic mass is 16.4. The topological polar surface area (TPSA) is 234 Å². The molecule has 9 N–H and O–H groups in total. The van der Waals surface area contributed by atoms with Crippen molar-refractivity contribution in [1.29, 1.82) is 0 Å². The third kappa shape index (κ3) is 12.4. The van der Waals surface area contributed by atoms with Crippen LogP contribution in [0.2, 0.25) is 0 Å². The third-order valence-corrected chi connectivity index (χ3v) is 6.80. The number of rotatable bonds is 18. The number of carbonyl (C=O) groups excluding carboxylic acids is 4. The maximum Gasteiger partial charge on any atom is 0.326 e. The average Bonchev–Trinajstić information content (AvgIpc) is 3.36. The van der Waals surface area contributed by atoms with Crippen LogP contribution in [0.5, 0.6) is 0 Å². The average molecular weight is 585 g/mol. The molecule has 0 bridgehead atoms. The Morgan fingerprint density at radius 2 is 1.37 bits per heavy atom. The van der Waals surface area contributed by atoms with Crippen LogP contribution >= 0.6 is 0 Å².